The van der Waals surface area contributed by atoms with Crippen LogP contribution in [-0.2, 0) is 0 Å². The molecular formula is C10H9N3O. The van der Waals surface area contributed by atoms with Crippen molar-refractivity contribution < 1.29 is 4.79 Å². The molecule has 0 atom stereocenters. The molecule has 0 unspecified atom stereocenters. The standard InChI is InChI=1S/C10H9N3O/c11-7-2-1-3-8-6(7)4-5-9(13-8)10(12)14/h1-5H,11H2,(H2,12,14). The smallest absolute Gasteiger partial charge is 0.267 e. The number of rotatable bonds is 1. The number of hydrogen-bond acceptors (Lipinski definition) is 3. The van der Waals surface area contributed by atoms with Crippen molar-refractivity contribution in [3.8, 4) is 0 Å². The Morgan fingerprint density at radius 3 is 2.71 bits per heavy atom. The van der Waals surface area contributed by atoms with Gasteiger partial charge in [0.25, 0.3) is 5.91 Å². The molecule has 0 saturated heterocycles. The number of nitrogens with two attached hydrogens (primary N) is 2. The van der Waals surface area contributed by atoms with E-state index in [1.165, 1.54) is 0 Å². The van der Waals surface area contributed by atoms with Gasteiger partial charge in [-0.05, 0) is 24.3 Å². The summed E-state index contributed by atoms with van der Waals surface area (Å²) in [6, 6.07) is 8.68. The predicted molar refractivity (Wildman–Crippen MR) is 54.7 cm³/mol. The summed E-state index contributed by atoms with van der Waals surface area (Å²) in [5, 5.41) is 0.831. The summed E-state index contributed by atoms with van der Waals surface area (Å²) in [5.74, 6) is -0.533. The maximum Gasteiger partial charge on any atom is 0.267 e. The minimum absolute atomic E-state index is 0.253. The molecule has 1 amide bonds. The van der Waals surface area contributed by atoms with E-state index in [-0.39, 0.29) is 5.69 Å². The zero-order valence-electron chi connectivity index (χ0n) is 7.40. The Bertz CT molecular complexity index is 508. The predicted octanol–water partition coefficient (Wildman–Crippen LogP) is 0.916. The molecule has 4 N–H and O–H groups in total. The van der Waals surface area contributed by atoms with E-state index in [1.807, 2.05) is 0 Å². The van der Waals surface area contributed by atoms with E-state index < -0.39 is 5.91 Å². The summed E-state index contributed by atoms with van der Waals surface area (Å²) in [7, 11) is 0. The van der Waals surface area contributed by atoms with Crippen molar-refractivity contribution in [2.75, 3.05) is 5.73 Å². The maximum atomic E-state index is 10.9. The van der Waals surface area contributed by atoms with Crippen molar-refractivity contribution in [2.24, 2.45) is 5.73 Å². The Labute approximate surface area is 80.5 Å². The lowest BCUT2D eigenvalue weighted by atomic mass is 10.1. The topological polar surface area (TPSA) is 82.0 Å². The molecule has 0 radical (unpaired) electrons. The number of carbonyl (C=O) groups is 1. The normalized spacial score (nSPS) is 10.3. The Morgan fingerprint density at radius 2 is 2.00 bits per heavy atom. The van der Waals surface area contributed by atoms with Gasteiger partial charge in [0.05, 0.1) is 5.52 Å². The summed E-state index contributed by atoms with van der Waals surface area (Å²) in [4.78, 5) is 14.9. The lowest BCUT2D eigenvalue weighted by Gasteiger charge is -2.01. The van der Waals surface area contributed by atoms with E-state index in [1.54, 1.807) is 30.3 Å². The Balaban J connectivity index is 2.73. The van der Waals surface area contributed by atoms with Crippen LogP contribution >= 0.6 is 0 Å². The third-order valence-electron chi connectivity index (χ3n) is 2.02. The van der Waals surface area contributed by atoms with Gasteiger partial charge in [-0.25, -0.2) is 4.98 Å². The third-order valence-corrected chi connectivity index (χ3v) is 2.02. The highest BCUT2D eigenvalue weighted by Crippen LogP contribution is 2.18. The number of pyridine rings is 1. The average Bonchev–Trinajstić information content (AvgIpc) is 2.17. The molecule has 0 saturated carbocycles. The maximum absolute atomic E-state index is 10.9. The summed E-state index contributed by atoms with van der Waals surface area (Å²) in [6.07, 6.45) is 0. The molecule has 1 heterocycles. The van der Waals surface area contributed by atoms with Gasteiger partial charge in [-0.2, -0.15) is 0 Å². The van der Waals surface area contributed by atoms with Crippen molar-refractivity contribution in [2.45, 2.75) is 0 Å². The minimum Gasteiger partial charge on any atom is -0.398 e. The number of anilines is 1. The van der Waals surface area contributed by atoms with Gasteiger partial charge in [0.1, 0.15) is 5.69 Å². The van der Waals surface area contributed by atoms with Gasteiger partial charge in [0, 0.05) is 11.1 Å². The number of aromatic nitrogens is 1. The van der Waals surface area contributed by atoms with E-state index in [2.05, 4.69) is 4.98 Å². The van der Waals surface area contributed by atoms with E-state index in [4.69, 9.17) is 11.5 Å². The first-order valence-corrected chi connectivity index (χ1v) is 4.13. The van der Waals surface area contributed by atoms with E-state index in [0.717, 1.165) is 5.39 Å². The van der Waals surface area contributed by atoms with Gasteiger partial charge < -0.3 is 11.5 Å². The first-order valence-electron chi connectivity index (χ1n) is 4.13. The van der Waals surface area contributed by atoms with E-state index in [9.17, 15) is 4.79 Å². The van der Waals surface area contributed by atoms with Crippen molar-refractivity contribution in [3.05, 3.63) is 36.0 Å². The molecule has 0 aliphatic carbocycles. The van der Waals surface area contributed by atoms with Crippen LogP contribution in [0, 0.1) is 0 Å². The van der Waals surface area contributed by atoms with Crippen LogP contribution in [0.3, 0.4) is 0 Å². The minimum atomic E-state index is -0.533. The fraction of sp³-hybridized carbons (Fsp3) is 0. The molecule has 2 aromatic rings. The molecule has 4 nitrogen and oxygen atoms in total. The quantitative estimate of drug-likeness (QED) is 0.651. The van der Waals surface area contributed by atoms with E-state index >= 15 is 0 Å². The molecule has 1 aromatic carbocycles. The number of amides is 1. The van der Waals surface area contributed by atoms with Crippen LogP contribution in [-0.4, -0.2) is 10.9 Å². The fourth-order valence-corrected chi connectivity index (χ4v) is 1.32. The number of hydrogen-bond donors (Lipinski definition) is 2. The number of nitrogens with zero attached hydrogens (tertiary/aromatic N) is 1. The van der Waals surface area contributed by atoms with Gasteiger partial charge in [-0.3, -0.25) is 4.79 Å². The summed E-state index contributed by atoms with van der Waals surface area (Å²) in [6.45, 7) is 0. The highest BCUT2D eigenvalue weighted by Gasteiger charge is 2.04. The zero-order chi connectivity index (χ0) is 10.1. The van der Waals surface area contributed by atoms with Crippen molar-refractivity contribution >= 4 is 22.5 Å². The fourth-order valence-electron chi connectivity index (χ4n) is 1.32. The summed E-state index contributed by atoms with van der Waals surface area (Å²) < 4.78 is 0. The van der Waals surface area contributed by atoms with Crippen LogP contribution < -0.4 is 11.5 Å². The summed E-state index contributed by atoms with van der Waals surface area (Å²) >= 11 is 0. The monoisotopic (exact) mass is 187 g/mol. The van der Waals surface area contributed by atoms with Gasteiger partial charge in [0.15, 0.2) is 0 Å². The number of benzene rings is 1. The van der Waals surface area contributed by atoms with Gasteiger partial charge in [-0.15, -0.1) is 0 Å². The molecular weight excluding hydrogens is 178 g/mol. The summed E-state index contributed by atoms with van der Waals surface area (Å²) in [5.41, 5.74) is 12.4. The molecule has 0 aliphatic rings. The van der Waals surface area contributed by atoms with Crippen molar-refractivity contribution in [1.29, 1.82) is 0 Å². The van der Waals surface area contributed by atoms with Crippen LogP contribution in [0.1, 0.15) is 10.5 Å². The second-order valence-electron chi connectivity index (χ2n) is 2.97. The highest BCUT2D eigenvalue weighted by molar-refractivity contribution is 5.96. The van der Waals surface area contributed by atoms with Crippen molar-refractivity contribution in [3.63, 3.8) is 0 Å². The lowest BCUT2D eigenvalue weighted by molar-refractivity contribution is 0.0996. The molecule has 14 heavy (non-hydrogen) atoms. The molecule has 0 aliphatic heterocycles. The zero-order valence-corrected chi connectivity index (χ0v) is 7.40. The first-order chi connectivity index (χ1) is 6.68. The number of nitrogen functional groups attached to an aromatic ring is 1. The van der Waals surface area contributed by atoms with Gasteiger partial charge in [0.2, 0.25) is 0 Å². The Hall–Kier alpha value is -2.10. The molecule has 70 valence electrons. The number of fused-ring (bicyclic) bond motifs is 1. The molecule has 2 rings (SSSR count). The Kier molecular flexibility index (Phi) is 1.81. The van der Waals surface area contributed by atoms with Crippen LogP contribution in [0.5, 0.6) is 0 Å². The molecule has 0 fully saturated rings. The van der Waals surface area contributed by atoms with Crippen LogP contribution in [0.4, 0.5) is 5.69 Å². The van der Waals surface area contributed by atoms with Crippen LogP contribution in [0.15, 0.2) is 30.3 Å². The first kappa shape index (κ1) is 8.50. The molecule has 1 aromatic heterocycles. The van der Waals surface area contributed by atoms with Gasteiger partial charge >= 0.3 is 0 Å². The lowest BCUT2D eigenvalue weighted by Crippen LogP contribution is -2.12. The largest absolute Gasteiger partial charge is 0.398 e. The Morgan fingerprint density at radius 1 is 1.21 bits per heavy atom. The average molecular weight is 187 g/mol. The third kappa shape index (κ3) is 1.26. The van der Waals surface area contributed by atoms with E-state index in [0.29, 0.717) is 11.2 Å². The molecule has 0 bridgehead atoms. The second-order valence-corrected chi connectivity index (χ2v) is 2.97. The van der Waals surface area contributed by atoms with Crippen LogP contribution in [0.2, 0.25) is 0 Å². The number of primary amides is 1. The molecule has 0 spiro atoms. The van der Waals surface area contributed by atoms with Crippen molar-refractivity contribution in [1.82, 2.24) is 4.98 Å². The SMILES string of the molecule is NC(=O)c1ccc2c(N)cccc2n1. The second kappa shape index (κ2) is 2.99. The van der Waals surface area contributed by atoms with Gasteiger partial charge in [-0.1, -0.05) is 6.07 Å². The molecule has 4 heteroatoms. The number of carbonyl (C=O) groups excluding carboxylic acids is 1. The van der Waals surface area contributed by atoms with Crippen LogP contribution in [0.25, 0.3) is 10.9 Å². The highest BCUT2D eigenvalue weighted by atomic mass is 16.1.